The number of carboxylic acids is 1. The van der Waals surface area contributed by atoms with Gasteiger partial charge in [0.05, 0.1) is 12.5 Å². The van der Waals surface area contributed by atoms with Gasteiger partial charge in [-0.2, -0.15) is 11.3 Å². The van der Waals surface area contributed by atoms with Gasteiger partial charge in [-0.15, -0.1) is 0 Å². The van der Waals surface area contributed by atoms with Gasteiger partial charge >= 0.3 is 5.97 Å². The summed E-state index contributed by atoms with van der Waals surface area (Å²) in [7, 11) is 0. The van der Waals surface area contributed by atoms with Gasteiger partial charge in [-0.05, 0) is 35.4 Å². The molecule has 1 aromatic rings. The standard InChI is InChI=1S/C10H15NO3S/c12-9(5-10(13)14)6-11-3-1-8-2-4-15-7-8/h2,4,7,9,11-12H,1,3,5-6H2,(H,13,14). The Hall–Kier alpha value is -0.910. The molecular formula is C10H15NO3S. The number of aliphatic hydroxyl groups excluding tert-OH is 1. The molecule has 5 heteroatoms. The highest BCUT2D eigenvalue weighted by Crippen LogP contribution is 2.05. The highest BCUT2D eigenvalue weighted by Gasteiger charge is 2.08. The van der Waals surface area contributed by atoms with Crippen molar-refractivity contribution in [3.05, 3.63) is 22.4 Å². The Morgan fingerprint density at radius 1 is 1.60 bits per heavy atom. The van der Waals surface area contributed by atoms with Crippen molar-refractivity contribution in [1.82, 2.24) is 5.32 Å². The second-order valence-corrected chi connectivity index (χ2v) is 4.12. The maximum atomic E-state index is 10.2. The molecule has 0 saturated heterocycles. The zero-order valence-electron chi connectivity index (χ0n) is 8.35. The highest BCUT2D eigenvalue weighted by molar-refractivity contribution is 7.07. The number of thiophene rings is 1. The summed E-state index contributed by atoms with van der Waals surface area (Å²) >= 11 is 1.66. The van der Waals surface area contributed by atoms with Crippen molar-refractivity contribution in [3.8, 4) is 0 Å². The third kappa shape index (κ3) is 5.51. The first-order valence-corrected chi connectivity index (χ1v) is 5.74. The highest BCUT2D eigenvalue weighted by atomic mass is 32.1. The summed E-state index contributed by atoms with van der Waals surface area (Å²) < 4.78 is 0. The van der Waals surface area contributed by atoms with E-state index >= 15 is 0 Å². The van der Waals surface area contributed by atoms with Crippen LogP contribution in [0.1, 0.15) is 12.0 Å². The fourth-order valence-electron chi connectivity index (χ4n) is 1.21. The molecule has 84 valence electrons. The summed E-state index contributed by atoms with van der Waals surface area (Å²) in [5.74, 6) is -0.970. The van der Waals surface area contributed by atoms with Gasteiger partial charge in [-0.25, -0.2) is 0 Å². The van der Waals surface area contributed by atoms with Crippen molar-refractivity contribution in [2.45, 2.75) is 18.9 Å². The summed E-state index contributed by atoms with van der Waals surface area (Å²) in [6.45, 7) is 1.09. The lowest BCUT2D eigenvalue weighted by molar-refractivity contribution is -0.139. The van der Waals surface area contributed by atoms with Gasteiger partial charge in [0.1, 0.15) is 0 Å². The van der Waals surface area contributed by atoms with Gasteiger partial charge in [-0.1, -0.05) is 0 Å². The molecule has 0 aliphatic carbocycles. The van der Waals surface area contributed by atoms with E-state index in [1.807, 2.05) is 5.38 Å². The molecule has 0 aromatic carbocycles. The zero-order valence-corrected chi connectivity index (χ0v) is 9.17. The molecule has 1 rings (SSSR count). The third-order valence-electron chi connectivity index (χ3n) is 1.96. The first-order chi connectivity index (χ1) is 7.18. The number of carboxylic acid groups (broad SMARTS) is 1. The smallest absolute Gasteiger partial charge is 0.306 e. The molecule has 1 aromatic heterocycles. The molecule has 1 unspecified atom stereocenters. The molecule has 0 aliphatic rings. The monoisotopic (exact) mass is 229 g/mol. The Kier molecular flexibility index (Phi) is 5.31. The van der Waals surface area contributed by atoms with Crippen LogP contribution in [0.2, 0.25) is 0 Å². The van der Waals surface area contributed by atoms with Crippen molar-refractivity contribution in [1.29, 1.82) is 0 Å². The fourth-order valence-corrected chi connectivity index (χ4v) is 1.91. The minimum Gasteiger partial charge on any atom is -0.481 e. The molecular weight excluding hydrogens is 214 g/mol. The Balaban J connectivity index is 2.04. The first kappa shape index (κ1) is 12.2. The van der Waals surface area contributed by atoms with Gasteiger partial charge in [0, 0.05) is 6.54 Å². The van der Waals surface area contributed by atoms with Crippen molar-refractivity contribution < 1.29 is 15.0 Å². The van der Waals surface area contributed by atoms with Crippen LogP contribution in [0, 0.1) is 0 Å². The second kappa shape index (κ2) is 6.55. The minimum atomic E-state index is -0.970. The van der Waals surface area contributed by atoms with E-state index in [0.717, 1.165) is 13.0 Å². The molecule has 0 fully saturated rings. The lowest BCUT2D eigenvalue weighted by Gasteiger charge is -2.08. The molecule has 0 saturated carbocycles. The average molecular weight is 229 g/mol. The molecule has 0 aliphatic heterocycles. The van der Waals surface area contributed by atoms with Crippen LogP contribution in [0.15, 0.2) is 16.8 Å². The number of nitrogens with one attached hydrogen (secondary N) is 1. The van der Waals surface area contributed by atoms with Crippen molar-refractivity contribution in [2.24, 2.45) is 0 Å². The van der Waals surface area contributed by atoms with Crippen LogP contribution in [0.3, 0.4) is 0 Å². The van der Waals surface area contributed by atoms with E-state index < -0.39 is 12.1 Å². The number of carbonyl (C=O) groups is 1. The van der Waals surface area contributed by atoms with Crippen molar-refractivity contribution >= 4 is 17.3 Å². The van der Waals surface area contributed by atoms with Crippen LogP contribution >= 0.6 is 11.3 Å². The third-order valence-corrected chi connectivity index (χ3v) is 2.69. The van der Waals surface area contributed by atoms with E-state index in [9.17, 15) is 9.90 Å². The molecule has 0 spiro atoms. The van der Waals surface area contributed by atoms with Gasteiger partial charge in [-0.3, -0.25) is 4.79 Å². The average Bonchev–Trinajstić information content (AvgIpc) is 2.63. The first-order valence-electron chi connectivity index (χ1n) is 4.80. The number of hydrogen-bond acceptors (Lipinski definition) is 4. The van der Waals surface area contributed by atoms with Crippen LogP contribution in [0.25, 0.3) is 0 Å². The van der Waals surface area contributed by atoms with E-state index in [1.54, 1.807) is 11.3 Å². The van der Waals surface area contributed by atoms with Gasteiger partial charge < -0.3 is 15.5 Å². The van der Waals surface area contributed by atoms with Crippen LogP contribution < -0.4 is 5.32 Å². The van der Waals surface area contributed by atoms with Crippen LogP contribution in [0.5, 0.6) is 0 Å². The normalized spacial score (nSPS) is 12.6. The van der Waals surface area contributed by atoms with Gasteiger partial charge in [0.15, 0.2) is 0 Å². The Bertz CT molecular complexity index is 287. The molecule has 1 atom stereocenters. The fraction of sp³-hybridized carbons (Fsp3) is 0.500. The number of rotatable bonds is 7. The quantitative estimate of drug-likeness (QED) is 0.602. The van der Waals surface area contributed by atoms with Crippen LogP contribution in [-0.2, 0) is 11.2 Å². The number of hydrogen-bond donors (Lipinski definition) is 3. The Morgan fingerprint density at radius 2 is 2.40 bits per heavy atom. The van der Waals surface area contributed by atoms with Gasteiger partial charge in [0.2, 0.25) is 0 Å². The SMILES string of the molecule is O=C(O)CC(O)CNCCc1ccsc1. The van der Waals surface area contributed by atoms with Crippen LogP contribution in [0.4, 0.5) is 0 Å². The van der Waals surface area contributed by atoms with Crippen molar-refractivity contribution in [3.63, 3.8) is 0 Å². The molecule has 0 amide bonds. The summed E-state index contributed by atoms with van der Waals surface area (Å²) in [4.78, 5) is 10.2. The summed E-state index contributed by atoms with van der Waals surface area (Å²) in [6.07, 6.45) is -0.0978. The van der Waals surface area contributed by atoms with Crippen LogP contribution in [-0.4, -0.2) is 35.4 Å². The lowest BCUT2D eigenvalue weighted by atomic mass is 10.2. The maximum Gasteiger partial charge on any atom is 0.306 e. The Labute approximate surface area is 92.6 Å². The maximum absolute atomic E-state index is 10.2. The van der Waals surface area contributed by atoms with E-state index in [-0.39, 0.29) is 6.42 Å². The number of aliphatic carboxylic acids is 1. The predicted molar refractivity (Wildman–Crippen MR) is 59.2 cm³/mol. The summed E-state index contributed by atoms with van der Waals surface area (Å²) in [5, 5.41) is 24.8. The molecule has 0 bridgehead atoms. The molecule has 15 heavy (non-hydrogen) atoms. The van der Waals surface area contributed by atoms with E-state index in [0.29, 0.717) is 6.54 Å². The summed E-state index contributed by atoms with van der Waals surface area (Å²) in [5.41, 5.74) is 1.26. The largest absolute Gasteiger partial charge is 0.481 e. The topological polar surface area (TPSA) is 69.6 Å². The lowest BCUT2D eigenvalue weighted by Crippen LogP contribution is -2.30. The minimum absolute atomic E-state index is 0.203. The van der Waals surface area contributed by atoms with E-state index in [4.69, 9.17) is 5.11 Å². The molecule has 0 radical (unpaired) electrons. The molecule has 3 N–H and O–H groups in total. The second-order valence-electron chi connectivity index (χ2n) is 3.34. The zero-order chi connectivity index (χ0) is 11.1. The number of aliphatic hydroxyl groups is 1. The Morgan fingerprint density at radius 3 is 3.00 bits per heavy atom. The van der Waals surface area contributed by atoms with Gasteiger partial charge in [0.25, 0.3) is 0 Å². The van der Waals surface area contributed by atoms with E-state index in [2.05, 4.69) is 16.8 Å². The van der Waals surface area contributed by atoms with Crippen molar-refractivity contribution in [2.75, 3.05) is 13.1 Å². The predicted octanol–water partition coefficient (Wildman–Crippen LogP) is 0.716. The van der Waals surface area contributed by atoms with E-state index in [1.165, 1.54) is 5.56 Å². The molecule has 4 nitrogen and oxygen atoms in total. The molecule has 1 heterocycles. The summed E-state index contributed by atoms with van der Waals surface area (Å²) in [6, 6.07) is 2.06.